The van der Waals surface area contributed by atoms with Gasteiger partial charge in [0.15, 0.2) is 0 Å². The van der Waals surface area contributed by atoms with E-state index in [4.69, 9.17) is 4.74 Å². The minimum atomic E-state index is -1.09. The lowest BCUT2D eigenvalue weighted by Gasteiger charge is -2.28. The molecule has 0 saturated carbocycles. The molecule has 2 aromatic rings. The van der Waals surface area contributed by atoms with Crippen LogP contribution < -0.4 is 10.6 Å². The van der Waals surface area contributed by atoms with Gasteiger partial charge >= 0.3 is 12.1 Å². The van der Waals surface area contributed by atoms with Crippen LogP contribution in [0.5, 0.6) is 0 Å². The van der Waals surface area contributed by atoms with Gasteiger partial charge in [0, 0.05) is 18.4 Å². The zero-order chi connectivity index (χ0) is 24.2. The first kappa shape index (κ1) is 24.3. The molecule has 0 bridgehead atoms. The zero-order valence-corrected chi connectivity index (χ0v) is 19.6. The molecule has 2 amide bonds. The minimum Gasteiger partial charge on any atom is -0.480 e. The van der Waals surface area contributed by atoms with Gasteiger partial charge in [0.2, 0.25) is 5.91 Å². The van der Waals surface area contributed by atoms with Crippen molar-refractivity contribution in [2.75, 3.05) is 6.61 Å². The van der Waals surface area contributed by atoms with E-state index in [2.05, 4.69) is 34.9 Å². The SMILES string of the molecule is CC[C@H](CC(=O)N[C@@H](C(=O)O)C(C)(C)C)NC(=O)OCC1c2ccccc2-c2ccccc21. The quantitative estimate of drug-likeness (QED) is 0.554. The Labute approximate surface area is 194 Å². The van der Waals surface area contributed by atoms with Crippen molar-refractivity contribution in [3.05, 3.63) is 59.7 Å². The van der Waals surface area contributed by atoms with Crippen LogP contribution in [-0.2, 0) is 14.3 Å². The average Bonchev–Trinajstić information content (AvgIpc) is 3.08. The topological polar surface area (TPSA) is 105 Å². The molecule has 7 nitrogen and oxygen atoms in total. The summed E-state index contributed by atoms with van der Waals surface area (Å²) in [7, 11) is 0. The van der Waals surface area contributed by atoms with Crippen molar-refractivity contribution in [3.8, 4) is 11.1 Å². The van der Waals surface area contributed by atoms with Crippen LogP contribution in [0.25, 0.3) is 11.1 Å². The van der Waals surface area contributed by atoms with Crippen LogP contribution in [0.15, 0.2) is 48.5 Å². The van der Waals surface area contributed by atoms with E-state index in [1.54, 1.807) is 20.8 Å². The van der Waals surface area contributed by atoms with Gasteiger partial charge in [-0.1, -0.05) is 76.2 Å². The highest BCUT2D eigenvalue weighted by atomic mass is 16.5. The highest BCUT2D eigenvalue weighted by Crippen LogP contribution is 2.44. The lowest BCUT2D eigenvalue weighted by molar-refractivity contribution is -0.145. The molecule has 33 heavy (non-hydrogen) atoms. The summed E-state index contributed by atoms with van der Waals surface area (Å²) in [6, 6.07) is 14.7. The van der Waals surface area contributed by atoms with Crippen molar-refractivity contribution in [2.24, 2.45) is 5.41 Å². The largest absolute Gasteiger partial charge is 0.480 e. The number of amides is 2. The predicted molar refractivity (Wildman–Crippen MR) is 126 cm³/mol. The fourth-order valence-electron chi connectivity index (χ4n) is 4.20. The highest BCUT2D eigenvalue weighted by Gasteiger charge is 2.33. The Bertz CT molecular complexity index is 982. The molecule has 0 radical (unpaired) electrons. The van der Waals surface area contributed by atoms with E-state index in [1.165, 1.54) is 0 Å². The van der Waals surface area contributed by atoms with Crippen LogP contribution >= 0.6 is 0 Å². The molecule has 0 unspecified atom stereocenters. The maximum Gasteiger partial charge on any atom is 0.407 e. The van der Waals surface area contributed by atoms with E-state index < -0.39 is 35.5 Å². The van der Waals surface area contributed by atoms with Gasteiger partial charge in [-0.2, -0.15) is 0 Å². The van der Waals surface area contributed by atoms with Gasteiger partial charge in [0.25, 0.3) is 0 Å². The van der Waals surface area contributed by atoms with E-state index in [-0.39, 0.29) is 18.9 Å². The Morgan fingerprint density at radius 3 is 2.00 bits per heavy atom. The first-order valence-corrected chi connectivity index (χ1v) is 11.3. The molecule has 1 aliphatic carbocycles. The number of carbonyl (C=O) groups is 3. The van der Waals surface area contributed by atoms with Gasteiger partial charge < -0.3 is 20.5 Å². The summed E-state index contributed by atoms with van der Waals surface area (Å²) in [6.45, 7) is 7.28. The van der Waals surface area contributed by atoms with Gasteiger partial charge in [-0.15, -0.1) is 0 Å². The summed E-state index contributed by atoms with van der Waals surface area (Å²) in [6.07, 6.45) is -0.118. The summed E-state index contributed by atoms with van der Waals surface area (Å²) in [4.78, 5) is 36.4. The molecule has 0 aliphatic heterocycles. The number of alkyl carbamates (subject to hydrolysis) is 1. The maximum atomic E-state index is 12.5. The van der Waals surface area contributed by atoms with Gasteiger partial charge in [0.05, 0.1) is 0 Å². The summed E-state index contributed by atoms with van der Waals surface area (Å²) in [5, 5.41) is 14.7. The third-order valence-corrected chi connectivity index (χ3v) is 6.01. The molecular formula is C26H32N2O5. The highest BCUT2D eigenvalue weighted by molar-refractivity contribution is 5.85. The van der Waals surface area contributed by atoms with Crippen molar-refractivity contribution in [1.29, 1.82) is 0 Å². The molecule has 3 N–H and O–H groups in total. The maximum absolute atomic E-state index is 12.5. The lowest BCUT2D eigenvalue weighted by Crippen LogP contribution is -2.50. The Balaban J connectivity index is 1.58. The molecule has 0 spiro atoms. The molecule has 7 heteroatoms. The molecule has 3 rings (SSSR count). The van der Waals surface area contributed by atoms with E-state index >= 15 is 0 Å². The second kappa shape index (κ2) is 10.1. The Morgan fingerprint density at radius 2 is 1.52 bits per heavy atom. The number of aliphatic carboxylic acids is 1. The number of carboxylic acids is 1. The number of carboxylic acid groups (broad SMARTS) is 1. The normalized spacial score (nSPS) is 14.5. The predicted octanol–water partition coefficient (Wildman–Crippen LogP) is 4.31. The zero-order valence-electron chi connectivity index (χ0n) is 19.6. The van der Waals surface area contributed by atoms with Crippen LogP contribution in [0, 0.1) is 5.41 Å². The lowest BCUT2D eigenvalue weighted by atomic mass is 9.86. The van der Waals surface area contributed by atoms with Crippen molar-refractivity contribution in [1.82, 2.24) is 10.6 Å². The number of hydrogen-bond donors (Lipinski definition) is 3. The standard InChI is InChI=1S/C26H32N2O5/c1-5-16(14-22(29)28-23(24(30)31)26(2,3)4)27-25(32)33-15-21-19-12-8-6-10-17(19)18-11-7-9-13-20(18)21/h6-13,16,21,23H,5,14-15H2,1-4H3,(H,27,32)(H,28,29)(H,30,31)/t16-,23+/m1/s1. The van der Waals surface area contributed by atoms with Crippen LogP contribution in [0.1, 0.15) is 57.6 Å². The van der Waals surface area contributed by atoms with E-state index in [1.807, 2.05) is 31.2 Å². The molecule has 0 heterocycles. The summed E-state index contributed by atoms with van der Waals surface area (Å²) >= 11 is 0. The van der Waals surface area contributed by atoms with Crippen molar-refractivity contribution >= 4 is 18.0 Å². The molecule has 0 fully saturated rings. The minimum absolute atomic E-state index is 0.0272. The molecular weight excluding hydrogens is 420 g/mol. The Hall–Kier alpha value is -3.35. The number of fused-ring (bicyclic) bond motifs is 3. The van der Waals surface area contributed by atoms with Crippen LogP contribution in [0.4, 0.5) is 4.79 Å². The molecule has 2 aromatic carbocycles. The average molecular weight is 453 g/mol. The van der Waals surface area contributed by atoms with Crippen LogP contribution in [-0.4, -0.2) is 41.8 Å². The summed E-state index contributed by atoms with van der Waals surface area (Å²) < 4.78 is 5.55. The van der Waals surface area contributed by atoms with Crippen molar-refractivity contribution < 1.29 is 24.2 Å². The number of benzene rings is 2. The van der Waals surface area contributed by atoms with Gasteiger partial charge in [-0.25, -0.2) is 9.59 Å². The number of nitrogens with one attached hydrogen (secondary N) is 2. The second-order valence-electron chi connectivity index (χ2n) is 9.48. The Kier molecular flexibility index (Phi) is 7.41. The molecule has 176 valence electrons. The Morgan fingerprint density at radius 1 is 0.970 bits per heavy atom. The van der Waals surface area contributed by atoms with Gasteiger partial charge in [0.1, 0.15) is 12.6 Å². The third-order valence-electron chi connectivity index (χ3n) is 6.01. The molecule has 2 atom stereocenters. The van der Waals surface area contributed by atoms with E-state index in [0.29, 0.717) is 6.42 Å². The monoisotopic (exact) mass is 452 g/mol. The number of hydrogen-bond acceptors (Lipinski definition) is 4. The fraction of sp³-hybridized carbons (Fsp3) is 0.423. The fourth-order valence-corrected chi connectivity index (χ4v) is 4.20. The summed E-state index contributed by atoms with van der Waals surface area (Å²) in [5.74, 6) is -1.56. The smallest absolute Gasteiger partial charge is 0.407 e. The van der Waals surface area contributed by atoms with Crippen molar-refractivity contribution in [3.63, 3.8) is 0 Å². The number of rotatable bonds is 8. The van der Waals surface area contributed by atoms with Gasteiger partial charge in [-0.05, 0) is 34.1 Å². The van der Waals surface area contributed by atoms with Crippen LogP contribution in [0.2, 0.25) is 0 Å². The first-order chi connectivity index (χ1) is 15.6. The van der Waals surface area contributed by atoms with Crippen LogP contribution in [0.3, 0.4) is 0 Å². The van der Waals surface area contributed by atoms with Crippen molar-refractivity contribution in [2.45, 2.75) is 58.5 Å². The molecule has 0 saturated heterocycles. The van der Waals surface area contributed by atoms with Gasteiger partial charge in [-0.3, -0.25) is 4.79 Å². The number of ether oxygens (including phenoxy) is 1. The molecule has 1 aliphatic rings. The first-order valence-electron chi connectivity index (χ1n) is 11.3. The third kappa shape index (κ3) is 5.72. The second-order valence-corrected chi connectivity index (χ2v) is 9.48. The number of carbonyl (C=O) groups excluding carboxylic acids is 2. The van der Waals surface area contributed by atoms with E-state index in [0.717, 1.165) is 22.3 Å². The molecule has 0 aromatic heterocycles. The van der Waals surface area contributed by atoms with E-state index in [9.17, 15) is 19.5 Å². The summed E-state index contributed by atoms with van der Waals surface area (Å²) in [5.41, 5.74) is 3.91.